The van der Waals surface area contributed by atoms with E-state index in [9.17, 15) is 13.2 Å². The highest BCUT2D eigenvalue weighted by molar-refractivity contribution is 5.43. The van der Waals surface area contributed by atoms with Gasteiger partial charge < -0.3 is 0 Å². The van der Waals surface area contributed by atoms with E-state index in [4.69, 9.17) is 0 Å². The molecule has 8 heteroatoms. The van der Waals surface area contributed by atoms with Crippen molar-refractivity contribution >= 4 is 5.65 Å². The van der Waals surface area contributed by atoms with Crippen LogP contribution in [0.3, 0.4) is 0 Å². The van der Waals surface area contributed by atoms with Gasteiger partial charge in [0.05, 0.1) is 11.7 Å². The van der Waals surface area contributed by atoms with Crippen LogP contribution >= 0.6 is 0 Å². The SMILES string of the molecule is CCc1cc(C(F)(F)F)n2nc(C3CCCN3Cc3ccncc3)cc2n1. The van der Waals surface area contributed by atoms with Crippen LogP contribution in [0.1, 0.15) is 48.5 Å². The van der Waals surface area contributed by atoms with Gasteiger partial charge >= 0.3 is 6.18 Å². The molecule has 1 atom stereocenters. The van der Waals surface area contributed by atoms with Crippen molar-refractivity contribution in [1.82, 2.24) is 24.5 Å². The topological polar surface area (TPSA) is 46.3 Å². The van der Waals surface area contributed by atoms with Crippen LogP contribution in [0.15, 0.2) is 36.7 Å². The van der Waals surface area contributed by atoms with Crippen LogP contribution in [0, 0.1) is 0 Å². The molecule has 0 spiro atoms. The third kappa shape index (κ3) is 3.53. The summed E-state index contributed by atoms with van der Waals surface area (Å²) in [6.45, 7) is 3.41. The summed E-state index contributed by atoms with van der Waals surface area (Å²) < 4.78 is 41.4. The number of aromatic nitrogens is 4. The Labute approximate surface area is 154 Å². The lowest BCUT2D eigenvalue weighted by Gasteiger charge is -2.22. The van der Waals surface area contributed by atoms with Crippen molar-refractivity contribution in [2.24, 2.45) is 0 Å². The third-order valence-electron chi connectivity index (χ3n) is 4.99. The molecule has 1 unspecified atom stereocenters. The molecule has 1 aliphatic rings. The molecule has 3 aromatic rings. The highest BCUT2D eigenvalue weighted by Crippen LogP contribution is 2.35. The predicted molar refractivity (Wildman–Crippen MR) is 94.0 cm³/mol. The summed E-state index contributed by atoms with van der Waals surface area (Å²) in [4.78, 5) is 10.6. The Balaban J connectivity index is 1.71. The zero-order valence-corrected chi connectivity index (χ0v) is 14.9. The molecule has 1 aliphatic heterocycles. The second kappa shape index (κ2) is 6.92. The number of nitrogens with zero attached hydrogens (tertiary/aromatic N) is 5. The molecule has 0 aliphatic carbocycles. The van der Waals surface area contributed by atoms with E-state index >= 15 is 0 Å². The summed E-state index contributed by atoms with van der Waals surface area (Å²) in [5.74, 6) is 0. The van der Waals surface area contributed by atoms with Gasteiger partial charge in [-0.2, -0.15) is 18.3 Å². The minimum absolute atomic E-state index is 0.00831. The van der Waals surface area contributed by atoms with E-state index in [0.29, 0.717) is 17.8 Å². The zero-order valence-electron chi connectivity index (χ0n) is 14.9. The Morgan fingerprint density at radius 2 is 1.96 bits per heavy atom. The van der Waals surface area contributed by atoms with Gasteiger partial charge in [-0.05, 0) is 49.6 Å². The van der Waals surface area contributed by atoms with Crippen molar-refractivity contribution in [2.45, 2.75) is 44.9 Å². The number of pyridine rings is 1. The second-order valence-electron chi connectivity index (χ2n) is 6.81. The second-order valence-corrected chi connectivity index (χ2v) is 6.81. The number of alkyl halides is 3. The van der Waals surface area contributed by atoms with Crippen LogP contribution in [-0.4, -0.2) is 31.0 Å². The fourth-order valence-corrected chi connectivity index (χ4v) is 3.66. The van der Waals surface area contributed by atoms with Gasteiger partial charge in [-0.1, -0.05) is 6.92 Å². The van der Waals surface area contributed by atoms with E-state index in [1.807, 2.05) is 12.1 Å². The number of halogens is 3. The van der Waals surface area contributed by atoms with Crippen molar-refractivity contribution in [1.29, 1.82) is 0 Å². The smallest absolute Gasteiger partial charge is 0.290 e. The van der Waals surface area contributed by atoms with Crippen molar-refractivity contribution in [3.05, 3.63) is 59.3 Å². The van der Waals surface area contributed by atoms with E-state index < -0.39 is 11.9 Å². The highest BCUT2D eigenvalue weighted by Gasteiger charge is 2.36. The predicted octanol–water partition coefficient (Wildman–Crippen LogP) is 4.04. The maximum Gasteiger partial charge on any atom is 0.433 e. The molecule has 0 amide bonds. The van der Waals surface area contributed by atoms with Crippen LogP contribution in [0.2, 0.25) is 0 Å². The summed E-state index contributed by atoms with van der Waals surface area (Å²) in [7, 11) is 0. The first-order valence-corrected chi connectivity index (χ1v) is 9.05. The summed E-state index contributed by atoms with van der Waals surface area (Å²) in [5.41, 5.74) is 1.68. The molecule has 0 bridgehead atoms. The molecule has 5 nitrogen and oxygen atoms in total. The van der Waals surface area contributed by atoms with Crippen LogP contribution < -0.4 is 0 Å². The maximum absolute atomic E-state index is 13.5. The van der Waals surface area contributed by atoms with E-state index in [0.717, 1.165) is 42.1 Å². The minimum atomic E-state index is -4.47. The number of aryl methyl sites for hydroxylation is 1. The van der Waals surface area contributed by atoms with Gasteiger partial charge in [0.15, 0.2) is 5.65 Å². The quantitative estimate of drug-likeness (QED) is 0.690. The third-order valence-corrected chi connectivity index (χ3v) is 4.99. The molecule has 4 rings (SSSR count). The van der Waals surface area contributed by atoms with Gasteiger partial charge in [0.25, 0.3) is 0 Å². The van der Waals surface area contributed by atoms with Gasteiger partial charge in [-0.15, -0.1) is 0 Å². The maximum atomic E-state index is 13.5. The zero-order chi connectivity index (χ0) is 19.0. The lowest BCUT2D eigenvalue weighted by molar-refractivity contribution is -0.142. The lowest BCUT2D eigenvalue weighted by Crippen LogP contribution is -2.23. The molecular formula is C19H20F3N5. The molecule has 0 saturated carbocycles. The Bertz CT molecular complexity index is 936. The van der Waals surface area contributed by atoms with Crippen molar-refractivity contribution < 1.29 is 13.2 Å². The van der Waals surface area contributed by atoms with Crippen molar-refractivity contribution in [2.75, 3.05) is 6.54 Å². The van der Waals surface area contributed by atoms with E-state index in [-0.39, 0.29) is 11.7 Å². The summed E-state index contributed by atoms with van der Waals surface area (Å²) in [6, 6.07) is 6.69. The number of likely N-dealkylation sites (tertiary alicyclic amines) is 1. The van der Waals surface area contributed by atoms with Crippen molar-refractivity contribution in [3.8, 4) is 0 Å². The molecule has 1 fully saturated rings. The van der Waals surface area contributed by atoms with Crippen molar-refractivity contribution in [3.63, 3.8) is 0 Å². The lowest BCUT2D eigenvalue weighted by atomic mass is 10.1. The van der Waals surface area contributed by atoms with E-state index in [2.05, 4.69) is 20.0 Å². The summed E-state index contributed by atoms with van der Waals surface area (Å²) >= 11 is 0. The largest absolute Gasteiger partial charge is 0.433 e. The molecule has 4 heterocycles. The number of hydrogen-bond donors (Lipinski definition) is 0. The molecule has 0 aromatic carbocycles. The van der Waals surface area contributed by atoms with Crippen LogP contribution in [-0.2, 0) is 19.1 Å². The molecule has 142 valence electrons. The highest BCUT2D eigenvalue weighted by atomic mass is 19.4. The Morgan fingerprint density at radius 3 is 2.67 bits per heavy atom. The fraction of sp³-hybridized carbons (Fsp3) is 0.421. The number of fused-ring (bicyclic) bond motifs is 1. The standard InChI is InChI=1S/C19H20F3N5/c1-2-14-10-17(19(20,21)22)27-18(24-14)11-15(25-27)16-4-3-9-26(16)12-13-5-7-23-8-6-13/h5-8,10-11,16H,2-4,9,12H2,1H3. The molecule has 1 saturated heterocycles. The van der Waals surface area contributed by atoms with E-state index in [1.165, 1.54) is 0 Å². The summed E-state index contributed by atoms with van der Waals surface area (Å²) in [5, 5.41) is 4.31. The Morgan fingerprint density at radius 1 is 1.19 bits per heavy atom. The molecular weight excluding hydrogens is 355 g/mol. The van der Waals surface area contributed by atoms with Gasteiger partial charge in [-0.3, -0.25) is 9.88 Å². The fourth-order valence-electron chi connectivity index (χ4n) is 3.66. The average Bonchev–Trinajstić information content (AvgIpc) is 3.26. The first-order chi connectivity index (χ1) is 13.0. The first-order valence-electron chi connectivity index (χ1n) is 9.05. The minimum Gasteiger partial charge on any atom is -0.290 e. The first kappa shape index (κ1) is 17.9. The Hall–Kier alpha value is -2.48. The van der Waals surface area contributed by atoms with Gasteiger partial charge in [0.2, 0.25) is 0 Å². The van der Waals surface area contributed by atoms with Gasteiger partial charge in [0, 0.05) is 30.7 Å². The van der Waals surface area contributed by atoms with Gasteiger partial charge in [-0.25, -0.2) is 9.50 Å². The number of rotatable bonds is 4. The summed E-state index contributed by atoms with van der Waals surface area (Å²) in [6.07, 6.45) is 1.33. The van der Waals surface area contributed by atoms with Crippen LogP contribution in [0.4, 0.5) is 13.2 Å². The number of hydrogen-bond acceptors (Lipinski definition) is 4. The molecule has 0 radical (unpaired) electrons. The molecule has 27 heavy (non-hydrogen) atoms. The van der Waals surface area contributed by atoms with Crippen LogP contribution in [0.25, 0.3) is 5.65 Å². The average molecular weight is 375 g/mol. The Kier molecular flexibility index (Phi) is 4.59. The molecule has 0 N–H and O–H groups in total. The normalized spacial score (nSPS) is 18.4. The monoisotopic (exact) mass is 375 g/mol. The van der Waals surface area contributed by atoms with Gasteiger partial charge in [0.1, 0.15) is 5.69 Å². The molecule has 3 aromatic heterocycles. The van der Waals surface area contributed by atoms with E-state index in [1.54, 1.807) is 25.4 Å². The van der Waals surface area contributed by atoms with Crippen LogP contribution in [0.5, 0.6) is 0 Å².